The normalized spacial score (nSPS) is 11.0. The summed E-state index contributed by atoms with van der Waals surface area (Å²) in [6, 6.07) is 12.8. The molecule has 0 bridgehead atoms. The molecule has 0 spiro atoms. The van der Waals surface area contributed by atoms with Crippen LogP contribution in [0.3, 0.4) is 0 Å². The molecule has 134 valence electrons. The zero-order valence-corrected chi connectivity index (χ0v) is 14.5. The first-order valence-corrected chi connectivity index (χ1v) is 8.62. The van der Waals surface area contributed by atoms with Crippen molar-refractivity contribution in [3.8, 4) is 33.9 Å². The third kappa shape index (κ3) is 2.79. The number of pyridine rings is 4. The topological polar surface area (TPSA) is 80.2 Å². The zero-order valence-electron chi connectivity index (χ0n) is 14.5. The summed E-state index contributed by atoms with van der Waals surface area (Å²) >= 11 is 0. The van der Waals surface area contributed by atoms with Crippen molar-refractivity contribution in [3.63, 3.8) is 0 Å². The maximum absolute atomic E-state index is 14.5. The van der Waals surface area contributed by atoms with Crippen LogP contribution < -0.4 is 0 Å². The molecule has 0 aliphatic rings. The van der Waals surface area contributed by atoms with Crippen LogP contribution in [0.5, 0.6) is 0 Å². The van der Waals surface area contributed by atoms with E-state index in [0.29, 0.717) is 39.5 Å². The number of H-pyrrole nitrogens is 1. The second-order valence-electron chi connectivity index (χ2n) is 6.15. The molecule has 5 heterocycles. The van der Waals surface area contributed by atoms with Gasteiger partial charge in [0.15, 0.2) is 11.5 Å². The van der Waals surface area contributed by atoms with Crippen molar-refractivity contribution in [2.75, 3.05) is 0 Å². The molecule has 5 aromatic heterocycles. The van der Waals surface area contributed by atoms with E-state index in [-0.39, 0.29) is 0 Å². The van der Waals surface area contributed by atoms with Crippen LogP contribution in [-0.2, 0) is 0 Å². The molecule has 0 saturated carbocycles. The summed E-state index contributed by atoms with van der Waals surface area (Å²) in [5.41, 5.74) is 4.36. The van der Waals surface area contributed by atoms with Gasteiger partial charge in [0.25, 0.3) is 0 Å². The Morgan fingerprint density at radius 3 is 2.54 bits per heavy atom. The largest absolute Gasteiger partial charge is 0.321 e. The highest BCUT2D eigenvalue weighted by Crippen LogP contribution is 2.34. The molecular weight excluding hydrogens is 355 g/mol. The lowest BCUT2D eigenvalue weighted by molar-refractivity contribution is 0.625. The number of nitrogens with one attached hydrogen (secondary N) is 1. The van der Waals surface area contributed by atoms with Crippen LogP contribution in [0.15, 0.2) is 73.4 Å². The molecule has 0 amide bonds. The summed E-state index contributed by atoms with van der Waals surface area (Å²) in [6.07, 6.45) is 7.83. The Hall–Kier alpha value is -4.00. The van der Waals surface area contributed by atoms with E-state index in [1.165, 1.54) is 6.20 Å². The first-order chi connectivity index (χ1) is 13.8. The average Bonchev–Trinajstić information content (AvgIpc) is 3.18. The molecule has 1 N–H and O–H groups in total. The maximum atomic E-state index is 14.5. The van der Waals surface area contributed by atoms with Gasteiger partial charge >= 0.3 is 0 Å². The fraction of sp³-hybridized carbons (Fsp3) is 0. The fourth-order valence-corrected chi connectivity index (χ4v) is 3.09. The van der Waals surface area contributed by atoms with E-state index in [9.17, 15) is 4.39 Å². The molecule has 0 atom stereocenters. The van der Waals surface area contributed by atoms with Gasteiger partial charge in [0.1, 0.15) is 17.0 Å². The minimum atomic E-state index is -0.422. The lowest BCUT2D eigenvalue weighted by atomic mass is 10.0. The predicted octanol–water partition coefficient (Wildman–Crippen LogP) is 4.28. The van der Waals surface area contributed by atoms with Crippen molar-refractivity contribution in [1.82, 2.24) is 29.9 Å². The van der Waals surface area contributed by atoms with E-state index in [4.69, 9.17) is 4.98 Å². The number of imidazole rings is 1. The highest BCUT2D eigenvalue weighted by molar-refractivity contribution is 5.89. The number of hydrogen-bond donors (Lipinski definition) is 1. The Labute approximate surface area is 159 Å². The van der Waals surface area contributed by atoms with Crippen molar-refractivity contribution in [2.45, 2.75) is 0 Å². The van der Waals surface area contributed by atoms with Gasteiger partial charge in [-0.2, -0.15) is 0 Å². The Bertz CT molecular complexity index is 1270. The van der Waals surface area contributed by atoms with Crippen molar-refractivity contribution in [2.24, 2.45) is 0 Å². The molecule has 7 heteroatoms. The Kier molecular flexibility index (Phi) is 3.83. The first kappa shape index (κ1) is 16.2. The quantitative estimate of drug-likeness (QED) is 0.514. The highest BCUT2D eigenvalue weighted by Gasteiger charge is 2.17. The second-order valence-corrected chi connectivity index (χ2v) is 6.15. The highest BCUT2D eigenvalue weighted by atomic mass is 19.1. The Morgan fingerprint density at radius 2 is 1.75 bits per heavy atom. The van der Waals surface area contributed by atoms with Gasteiger partial charge in [-0.1, -0.05) is 6.07 Å². The predicted molar refractivity (Wildman–Crippen MR) is 104 cm³/mol. The Morgan fingerprint density at radius 1 is 0.821 bits per heavy atom. The van der Waals surface area contributed by atoms with Crippen LogP contribution in [-0.4, -0.2) is 29.9 Å². The summed E-state index contributed by atoms with van der Waals surface area (Å²) in [6.45, 7) is 0. The molecule has 0 radical (unpaired) electrons. The number of aromatic nitrogens is 6. The minimum absolute atomic E-state index is 0.408. The van der Waals surface area contributed by atoms with Crippen LogP contribution in [0.25, 0.3) is 45.1 Å². The third-order valence-electron chi connectivity index (χ3n) is 4.38. The minimum Gasteiger partial charge on any atom is -0.321 e. The van der Waals surface area contributed by atoms with Crippen LogP contribution in [0.1, 0.15) is 0 Å². The van der Waals surface area contributed by atoms with E-state index in [1.807, 2.05) is 36.4 Å². The van der Waals surface area contributed by atoms with E-state index in [1.54, 1.807) is 30.9 Å². The average molecular weight is 368 g/mol. The van der Waals surface area contributed by atoms with E-state index in [2.05, 4.69) is 24.9 Å². The first-order valence-electron chi connectivity index (χ1n) is 8.62. The third-order valence-corrected chi connectivity index (χ3v) is 4.38. The molecule has 5 rings (SSSR count). The van der Waals surface area contributed by atoms with Gasteiger partial charge in [-0.05, 0) is 36.4 Å². The van der Waals surface area contributed by atoms with E-state index in [0.717, 1.165) is 5.56 Å². The van der Waals surface area contributed by atoms with Crippen LogP contribution in [0, 0.1) is 5.82 Å². The molecular formula is C21H13FN6. The molecule has 0 fully saturated rings. The Balaban J connectivity index is 1.78. The molecule has 0 saturated heterocycles. The molecule has 0 unspecified atom stereocenters. The maximum Gasteiger partial charge on any atom is 0.158 e. The molecule has 0 aliphatic heterocycles. The number of rotatable bonds is 3. The molecule has 6 nitrogen and oxygen atoms in total. The number of nitrogens with zero attached hydrogens (tertiary/aromatic N) is 5. The smallest absolute Gasteiger partial charge is 0.158 e. The number of hydrogen-bond acceptors (Lipinski definition) is 5. The standard InChI is InChI=1S/C21H13FN6/c22-16-12-24-9-6-14(16)15-10-18-21(27-19(15)13-4-3-7-23-11-13)28-20(26-18)17-5-1-2-8-25-17/h1-12H,(H,26,27,28). The lowest BCUT2D eigenvalue weighted by Gasteiger charge is -2.09. The second kappa shape index (κ2) is 6.62. The van der Waals surface area contributed by atoms with Gasteiger partial charge in [0.05, 0.1) is 11.9 Å². The number of aromatic amines is 1. The summed E-state index contributed by atoms with van der Waals surface area (Å²) in [4.78, 5) is 24.9. The summed E-state index contributed by atoms with van der Waals surface area (Å²) in [7, 11) is 0. The van der Waals surface area contributed by atoms with Gasteiger partial charge < -0.3 is 4.98 Å². The monoisotopic (exact) mass is 368 g/mol. The van der Waals surface area contributed by atoms with Crippen molar-refractivity contribution in [3.05, 3.63) is 79.3 Å². The van der Waals surface area contributed by atoms with Crippen molar-refractivity contribution in [1.29, 1.82) is 0 Å². The van der Waals surface area contributed by atoms with E-state index < -0.39 is 5.82 Å². The lowest BCUT2D eigenvalue weighted by Crippen LogP contribution is -1.94. The SMILES string of the molecule is Fc1cnccc1-c1cc2nc(-c3ccccn3)[nH]c2nc1-c1cccnc1. The molecule has 28 heavy (non-hydrogen) atoms. The number of halogens is 1. The van der Waals surface area contributed by atoms with Gasteiger partial charge in [0, 0.05) is 41.5 Å². The van der Waals surface area contributed by atoms with Crippen molar-refractivity contribution < 1.29 is 4.39 Å². The van der Waals surface area contributed by atoms with Crippen molar-refractivity contribution >= 4 is 11.2 Å². The molecule has 0 aliphatic carbocycles. The molecule has 5 aromatic rings. The van der Waals surface area contributed by atoms with Gasteiger partial charge in [-0.3, -0.25) is 15.0 Å². The molecule has 0 aromatic carbocycles. The van der Waals surface area contributed by atoms with Crippen LogP contribution >= 0.6 is 0 Å². The van der Waals surface area contributed by atoms with Crippen LogP contribution in [0.2, 0.25) is 0 Å². The van der Waals surface area contributed by atoms with Gasteiger partial charge in [0.2, 0.25) is 0 Å². The number of fused-ring (bicyclic) bond motifs is 1. The van der Waals surface area contributed by atoms with E-state index >= 15 is 0 Å². The summed E-state index contributed by atoms with van der Waals surface area (Å²) < 4.78 is 14.5. The zero-order chi connectivity index (χ0) is 18.9. The van der Waals surface area contributed by atoms with Gasteiger partial charge in [-0.25, -0.2) is 14.4 Å². The summed E-state index contributed by atoms with van der Waals surface area (Å²) in [5, 5.41) is 0. The fourth-order valence-electron chi connectivity index (χ4n) is 3.09. The van der Waals surface area contributed by atoms with Gasteiger partial charge in [-0.15, -0.1) is 0 Å². The summed E-state index contributed by atoms with van der Waals surface area (Å²) in [5.74, 6) is 0.182. The van der Waals surface area contributed by atoms with Crippen LogP contribution in [0.4, 0.5) is 4.39 Å².